The van der Waals surface area contributed by atoms with Crippen LogP contribution in [0.3, 0.4) is 0 Å². The van der Waals surface area contributed by atoms with Crippen molar-refractivity contribution >= 4 is 34.6 Å². The number of hydrogen-bond donors (Lipinski definition) is 2. The zero-order chi connectivity index (χ0) is 23.0. The van der Waals surface area contributed by atoms with E-state index in [9.17, 15) is 9.59 Å². The van der Waals surface area contributed by atoms with Crippen LogP contribution in [0.5, 0.6) is 0 Å². The molecule has 2 aromatic rings. The van der Waals surface area contributed by atoms with Crippen molar-refractivity contribution in [1.29, 1.82) is 0 Å². The molecule has 0 aliphatic heterocycles. The van der Waals surface area contributed by atoms with Crippen LogP contribution in [0.15, 0.2) is 58.8 Å². The number of unbranched alkanes of at least 4 members (excludes halogenated alkanes) is 6. The monoisotopic (exact) mass is 436 g/mol. The molecule has 2 N–H and O–H groups in total. The minimum absolute atomic E-state index is 0.0170. The molecule has 0 bridgehead atoms. The van der Waals surface area contributed by atoms with E-state index in [1.807, 2.05) is 30.3 Å². The van der Waals surface area contributed by atoms with Gasteiger partial charge in [0.05, 0.1) is 11.4 Å². The second-order valence-corrected chi connectivity index (χ2v) is 7.99. The van der Waals surface area contributed by atoms with Gasteiger partial charge in [-0.25, -0.2) is 0 Å². The summed E-state index contributed by atoms with van der Waals surface area (Å²) in [7, 11) is 0. The van der Waals surface area contributed by atoms with Gasteiger partial charge >= 0.3 is 0 Å². The highest BCUT2D eigenvalue weighted by Crippen LogP contribution is 2.30. The van der Waals surface area contributed by atoms with Crippen molar-refractivity contribution in [3.05, 3.63) is 48.5 Å². The molecule has 6 nitrogen and oxygen atoms in total. The van der Waals surface area contributed by atoms with Gasteiger partial charge in [-0.15, -0.1) is 5.11 Å². The van der Waals surface area contributed by atoms with E-state index in [4.69, 9.17) is 0 Å². The summed E-state index contributed by atoms with van der Waals surface area (Å²) in [6.07, 6.45) is 9.33. The molecular formula is C26H36N4O2. The van der Waals surface area contributed by atoms with Crippen molar-refractivity contribution in [3.63, 3.8) is 0 Å². The number of hydrogen-bond acceptors (Lipinski definition) is 4. The molecular weight excluding hydrogens is 400 g/mol. The standard InChI is InChI=1S/C26H36N4O2/c1-3-5-7-12-16-25(31)27-22-18-19-23(30-29-21-14-10-9-11-15-21)24(20-22)28-26(32)17-13-8-6-4-2/h9-11,14-15,18-20H,3-8,12-13,16-17H2,1-2H3,(H,27,31)(H,28,32). The zero-order valence-electron chi connectivity index (χ0n) is 19.4. The highest BCUT2D eigenvalue weighted by Gasteiger charge is 2.10. The predicted octanol–water partition coefficient (Wildman–Crippen LogP) is 7.92. The Labute approximate surface area is 191 Å². The number of nitrogens with zero attached hydrogens (tertiary/aromatic N) is 2. The number of nitrogens with one attached hydrogen (secondary N) is 2. The summed E-state index contributed by atoms with van der Waals surface area (Å²) in [5, 5.41) is 14.5. The van der Waals surface area contributed by atoms with Gasteiger partial charge in [-0.3, -0.25) is 9.59 Å². The highest BCUT2D eigenvalue weighted by molar-refractivity contribution is 5.96. The summed E-state index contributed by atoms with van der Waals surface area (Å²) in [4.78, 5) is 24.7. The number of rotatable bonds is 14. The van der Waals surface area contributed by atoms with Gasteiger partial charge in [0.1, 0.15) is 5.69 Å². The van der Waals surface area contributed by atoms with Crippen LogP contribution in [0.1, 0.15) is 78.1 Å². The van der Waals surface area contributed by atoms with Crippen molar-refractivity contribution < 1.29 is 9.59 Å². The van der Waals surface area contributed by atoms with Crippen molar-refractivity contribution in [1.82, 2.24) is 0 Å². The maximum atomic E-state index is 12.5. The predicted molar refractivity (Wildman–Crippen MR) is 132 cm³/mol. The van der Waals surface area contributed by atoms with Crippen LogP contribution < -0.4 is 10.6 Å². The first kappa shape index (κ1) is 25.2. The lowest BCUT2D eigenvalue weighted by molar-refractivity contribution is -0.117. The minimum atomic E-state index is -0.0553. The van der Waals surface area contributed by atoms with Crippen LogP contribution in [0.4, 0.5) is 22.7 Å². The molecule has 2 amide bonds. The minimum Gasteiger partial charge on any atom is -0.326 e. The molecule has 0 aromatic heterocycles. The summed E-state index contributed by atoms with van der Waals surface area (Å²) in [5.74, 6) is -0.0723. The smallest absolute Gasteiger partial charge is 0.224 e. The molecule has 32 heavy (non-hydrogen) atoms. The third-order valence-electron chi connectivity index (χ3n) is 5.10. The van der Waals surface area contributed by atoms with Crippen molar-refractivity contribution in [2.45, 2.75) is 78.1 Å². The molecule has 0 aliphatic rings. The first-order valence-corrected chi connectivity index (χ1v) is 11.8. The second kappa shape index (κ2) is 14.9. The molecule has 0 radical (unpaired) electrons. The zero-order valence-corrected chi connectivity index (χ0v) is 19.4. The van der Waals surface area contributed by atoms with Gasteiger partial charge < -0.3 is 10.6 Å². The van der Waals surface area contributed by atoms with E-state index >= 15 is 0 Å². The highest BCUT2D eigenvalue weighted by atomic mass is 16.2. The van der Waals surface area contributed by atoms with E-state index in [1.165, 1.54) is 0 Å². The Balaban J connectivity index is 2.09. The Kier molecular flexibility index (Phi) is 11.7. The summed E-state index contributed by atoms with van der Waals surface area (Å²) >= 11 is 0. The summed E-state index contributed by atoms with van der Waals surface area (Å²) in [6, 6.07) is 14.8. The number of amides is 2. The average Bonchev–Trinajstić information content (AvgIpc) is 2.80. The van der Waals surface area contributed by atoms with Crippen LogP contribution in [0.25, 0.3) is 0 Å². The van der Waals surface area contributed by atoms with E-state index in [1.54, 1.807) is 18.2 Å². The number of benzene rings is 2. The lowest BCUT2D eigenvalue weighted by atomic mass is 10.1. The van der Waals surface area contributed by atoms with Crippen molar-refractivity contribution in [2.24, 2.45) is 10.2 Å². The van der Waals surface area contributed by atoms with Gasteiger partial charge in [0, 0.05) is 18.5 Å². The Hall–Kier alpha value is -3.02. The van der Waals surface area contributed by atoms with Crippen LogP contribution in [0.2, 0.25) is 0 Å². The molecule has 0 saturated carbocycles. The third kappa shape index (κ3) is 9.86. The molecule has 0 fully saturated rings. The molecule has 0 aliphatic carbocycles. The quantitative estimate of drug-likeness (QED) is 0.233. The van der Waals surface area contributed by atoms with Gasteiger partial charge in [0.15, 0.2) is 0 Å². The molecule has 2 rings (SSSR count). The van der Waals surface area contributed by atoms with Gasteiger partial charge in [-0.05, 0) is 43.2 Å². The second-order valence-electron chi connectivity index (χ2n) is 7.99. The molecule has 0 unspecified atom stereocenters. The normalized spacial score (nSPS) is 10.9. The first-order chi connectivity index (χ1) is 15.6. The maximum Gasteiger partial charge on any atom is 0.224 e. The molecule has 172 valence electrons. The van der Waals surface area contributed by atoms with E-state index in [0.717, 1.165) is 57.1 Å². The van der Waals surface area contributed by atoms with Crippen molar-refractivity contribution in [2.75, 3.05) is 10.6 Å². The first-order valence-electron chi connectivity index (χ1n) is 11.8. The lowest BCUT2D eigenvalue weighted by Gasteiger charge is -2.11. The van der Waals surface area contributed by atoms with Crippen LogP contribution in [-0.2, 0) is 9.59 Å². The molecule has 0 atom stereocenters. The number of anilines is 2. The average molecular weight is 437 g/mol. The van der Waals surface area contributed by atoms with Gasteiger partial charge in [0.25, 0.3) is 0 Å². The molecule has 0 heterocycles. The molecule has 2 aromatic carbocycles. The summed E-state index contributed by atoms with van der Waals surface area (Å²) in [6.45, 7) is 4.30. The number of azo groups is 1. The largest absolute Gasteiger partial charge is 0.326 e. The maximum absolute atomic E-state index is 12.5. The fraction of sp³-hybridized carbons (Fsp3) is 0.462. The Morgan fingerprint density at radius 3 is 1.97 bits per heavy atom. The fourth-order valence-corrected chi connectivity index (χ4v) is 3.27. The van der Waals surface area contributed by atoms with E-state index < -0.39 is 0 Å². The topological polar surface area (TPSA) is 82.9 Å². The van der Waals surface area contributed by atoms with Crippen LogP contribution >= 0.6 is 0 Å². The van der Waals surface area contributed by atoms with Gasteiger partial charge in [-0.2, -0.15) is 5.11 Å². The van der Waals surface area contributed by atoms with Crippen LogP contribution in [-0.4, -0.2) is 11.8 Å². The molecule has 0 saturated heterocycles. The van der Waals surface area contributed by atoms with Gasteiger partial charge in [0.2, 0.25) is 11.8 Å². The Bertz CT molecular complexity index is 865. The van der Waals surface area contributed by atoms with E-state index in [2.05, 4.69) is 34.7 Å². The lowest BCUT2D eigenvalue weighted by Crippen LogP contribution is -2.13. The SMILES string of the molecule is CCCCCCC(=O)Nc1ccc(N=Nc2ccccc2)c(NC(=O)CCCCCC)c1. The molecule has 6 heteroatoms. The molecule has 0 spiro atoms. The number of carbonyl (C=O) groups excluding carboxylic acids is 2. The Morgan fingerprint density at radius 2 is 1.34 bits per heavy atom. The summed E-state index contributed by atoms with van der Waals surface area (Å²) in [5.41, 5.74) is 2.48. The summed E-state index contributed by atoms with van der Waals surface area (Å²) < 4.78 is 0. The number of carbonyl (C=O) groups is 2. The van der Waals surface area contributed by atoms with E-state index in [-0.39, 0.29) is 11.8 Å². The van der Waals surface area contributed by atoms with E-state index in [0.29, 0.717) is 29.9 Å². The third-order valence-corrected chi connectivity index (χ3v) is 5.10. The Morgan fingerprint density at radius 1 is 0.719 bits per heavy atom. The fourth-order valence-electron chi connectivity index (χ4n) is 3.27. The van der Waals surface area contributed by atoms with Crippen LogP contribution in [0, 0.1) is 0 Å². The van der Waals surface area contributed by atoms with Gasteiger partial charge in [-0.1, -0.05) is 70.6 Å². The van der Waals surface area contributed by atoms with Crippen molar-refractivity contribution in [3.8, 4) is 0 Å².